The van der Waals surface area contributed by atoms with Gasteiger partial charge in [-0.15, -0.1) is 11.8 Å². The highest BCUT2D eigenvalue weighted by atomic mass is 32.2. The van der Waals surface area contributed by atoms with E-state index in [1.165, 1.54) is 5.39 Å². The van der Waals surface area contributed by atoms with Crippen LogP contribution in [0.25, 0.3) is 10.9 Å². The summed E-state index contributed by atoms with van der Waals surface area (Å²) in [7, 11) is 0. The van der Waals surface area contributed by atoms with Crippen LogP contribution in [0.1, 0.15) is 5.69 Å². The molecule has 3 aromatic rings. The minimum absolute atomic E-state index is 0.549. The molecular formula is C15H13N3S. The van der Waals surface area contributed by atoms with E-state index in [0.717, 1.165) is 21.9 Å². The number of pyridine rings is 2. The van der Waals surface area contributed by atoms with E-state index in [9.17, 15) is 0 Å². The molecule has 19 heavy (non-hydrogen) atoms. The molecule has 0 unspecified atom stereocenters. The molecular weight excluding hydrogens is 254 g/mol. The summed E-state index contributed by atoms with van der Waals surface area (Å²) in [4.78, 5) is 9.82. The van der Waals surface area contributed by atoms with E-state index in [1.807, 2.05) is 30.3 Å². The van der Waals surface area contributed by atoms with Gasteiger partial charge in [-0.2, -0.15) is 0 Å². The zero-order chi connectivity index (χ0) is 13.1. The van der Waals surface area contributed by atoms with Gasteiger partial charge < -0.3 is 5.73 Å². The molecule has 0 aliphatic heterocycles. The highest BCUT2D eigenvalue weighted by Gasteiger charge is 2.00. The van der Waals surface area contributed by atoms with E-state index in [0.29, 0.717) is 5.82 Å². The maximum atomic E-state index is 5.56. The fraction of sp³-hybridized carbons (Fsp3) is 0.0667. The molecule has 3 nitrogen and oxygen atoms in total. The monoisotopic (exact) mass is 267 g/mol. The van der Waals surface area contributed by atoms with Gasteiger partial charge in [0.25, 0.3) is 0 Å². The molecule has 0 bridgehead atoms. The zero-order valence-corrected chi connectivity index (χ0v) is 11.1. The lowest BCUT2D eigenvalue weighted by Crippen LogP contribution is -1.90. The summed E-state index contributed by atoms with van der Waals surface area (Å²) in [6, 6.07) is 16.1. The molecule has 2 aromatic heterocycles. The summed E-state index contributed by atoms with van der Waals surface area (Å²) in [6.07, 6.45) is 1.79. The number of nitrogens with zero attached hydrogens (tertiary/aromatic N) is 2. The molecule has 1 aromatic carbocycles. The van der Waals surface area contributed by atoms with Gasteiger partial charge in [0.05, 0.1) is 11.2 Å². The van der Waals surface area contributed by atoms with Crippen molar-refractivity contribution in [3.63, 3.8) is 0 Å². The average Bonchev–Trinajstić information content (AvgIpc) is 2.46. The summed E-state index contributed by atoms with van der Waals surface area (Å²) in [5.41, 5.74) is 7.67. The number of hydrogen-bond acceptors (Lipinski definition) is 4. The number of thioether (sulfide) groups is 1. The predicted octanol–water partition coefficient (Wildman–Crippen LogP) is 3.50. The number of aromatic nitrogens is 2. The Labute approximate surface area is 115 Å². The Balaban J connectivity index is 1.76. The van der Waals surface area contributed by atoms with Crippen LogP contribution in [0.3, 0.4) is 0 Å². The van der Waals surface area contributed by atoms with Crippen LogP contribution in [0.4, 0.5) is 5.82 Å². The van der Waals surface area contributed by atoms with E-state index in [2.05, 4.69) is 28.2 Å². The second-order valence-electron chi connectivity index (χ2n) is 4.20. The molecule has 0 saturated carbocycles. The maximum absolute atomic E-state index is 5.56. The fourth-order valence-electron chi connectivity index (χ4n) is 1.82. The van der Waals surface area contributed by atoms with E-state index < -0.39 is 0 Å². The third-order valence-electron chi connectivity index (χ3n) is 2.80. The number of fused-ring (bicyclic) bond motifs is 1. The normalized spacial score (nSPS) is 10.7. The van der Waals surface area contributed by atoms with Gasteiger partial charge in [0.2, 0.25) is 0 Å². The van der Waals surface area contributed by atoms with Gasteiger partial charge in [-0.1, -0.05) is 24.3 Å². The molecule has 94 valence electrons. The highest BCUT2D eigenvalue weighted by molar-refractivity contribution is 7.98. The van der Waals surface area contributed by atoms with Gasteiger partial charge in [-0.25, -0.2) is 4.98 Å². The topological polar surface area (TPSA) is 51.8 Å². The van der Waals surface area contributed by atoms with Gasteiger partial charge in [0.15, 0.2) is 0 Å². The Morgan fingerprint density at radius 1 is 1.00 bits per heavy atom. The van der Waals surface area contributed by atoms with E-state index in [-0.39, 0.29) is 0 Å². The quantitative estimate of drug-likeness (QED) is 0.738. The van der Waals surface area contributed by atoms with Crippen molar-refractivity contribution in [1.29, 1.82) is 0 Å². The Kier molecular flexibility index (Phi) is 3.33. The Morgan fingerprint density at radius 2 is 1.89 bits per heavy atom. The minimum atomic E-state index is 0.549. The van der Waals surface area contributed by atoms with Crippen LogP contribution < -0.4 is 5.73 Å². The first-order chi connectivity index (χ1) is 9.31. The minimum Gasteiger partial charge on any atom is -0.384 e. The first-order valence-corrected chi connectivity index (χ1v) is 6.99. The van der Waals surface area contributed by atoms with Crippen molar-refractivity contribution in [1.82, 2.24) is 9.97 Å². The lowest BCUT2D eigenvalue weighted by Gasteiger charge is -2.03. The lowest BCUT2D eigenvalue weighted by atomic mass is 10.2. The highest BCUT2D eigenvalue weighted by Crippen LogP contribution is 2.22. The number of para-hydroxylation sites is 1. The number of nitrogens with two attached hydrogens (primary N) is 1. The van der Waals surface area contributed by atoms with Crippen LogP contribution in [-0.4, -0.2) is 9.97 Å². The Bertz CT molecular complexity index is 695. The third kappa shape index (κ3) is 2.85. The van der Waals surface area contributed by atoms with Crippen LogP contribution in [-0.2, 0) is 5.75 Å². The average molecular weight is 267 g/mol. The van der Waals surface area contributed by atoms with Crippen molar-refractivity contribution >= 4 is 28.5 Å². The molecule has 0 radical (unpaired) electrons. The second kappa shape index (κ2) is 5.28. The molecule has 0 amide bonds. The van der Waals surface area contributed by atoms with Crippen LogP contribution in [0.2, 0.25) is 0 Å². The molecule has 0 atom stereocenters. The zero-order valence-electron chi connectivity index (χ0n) is 10.3. The first-order valence-electron chi connectivity index (χ1n) is 6.00. The van der Waals surface area contributed by atoms with E-state index in [1.54, 1.807) is 18.0 Å². The van der Waals surface area contributed by atoms with E-state index >= 15 is 0 Å². The number of hydrogen-bond donors (Lipinski definition) is 1. The van der Waals surface area contributed by atoms with Crippen LogP contribution in [0, 0.1) is 0 Å². The van der Waals surface area contributed by atoms with E-state index in [4.69, 9.17) is 5.73 Å². The Morgan fingerprint density at radius 3 is 2.74 bits per heavy atom. The van der Waals surface area contributed by atoms with Gasteiger partial charge >= 0.3 is 0 Å². The molecule has 0 fully saturated rings. The fourth-order valence-corrected chi connectivity index (χ4v) is 2.59. The summed E-state index contributed by atoms with van der Waals surface area (Å²) >= 11 is 1.71. The van der Waals surface area contributed by atoms with Crippen LogP contribution in [0.15, 0.2) is 59.6 Å². The van der Waals surface area contributed by atoms with Crippen molar-refractivity contribution in [2.75, 3.05) is 5.73 Å². The van der Waals surface area contributed by atoms with Gasteiger partial charge in [-0.3, -0.25) is 4.98 Å². The number of benzene rings is 1. The molecule has 0 spiro atoms. The SMILES string of the molecule is Nc1ccc(SCc2ccc3ccccc3n2)cn1. The smallest absolute Gasteiger partial charge is 0.123 e. The van der Waals surface area contributed by atoms with Gasteiger partial charge in [0, 0.05) is 22.2 Å². The maximum Gasteiger partial charge on any atom is 0.123 e. The number of nitrogen functional groups attached to an aromatic ring is 1. The van der Waals surface area contributed by atoms with Crippen LogP contribution in [0.5, 0.6) is 0 Å². The standard InChI is InChI=1S/C15H13N3S/c16-15-8-7-13(9-17-15)19-10-12-6-5-11-3-1-2-4-14(11)18-12/h1-9H,10H2,(H2,16,17). The largest absolute Gasteiger partial charge is 0.384 e. The number of rotatable bonds is 3. The molecule has 0 saturated heterocycles. The second-order valence-corrected chi connectivity index (χ2v) is 5.25. The molecule has 3 rings (SSSR count). The predicted molar refractivity (Wildman–Crippen MR) is 80.0 cm³/mol. The molecule has 2 heterocycles. The van der Waals surface area contributed by atoms with Crippen molar-refractivity contribution in [3.8, 4) is 0 Å². The third-order valence-corrected chi connectivity index (χ3v) is 3.82. The molecule has 4 heteroatoms. The summed E-state index contributed by atoms with van der Waals surface area (Å²) < 4.78 is 0. The number of anilines is 1. The lowest BCUT2D eigenvalue weighted by molar-refractivity contribution is 1.20. The summed E-state index contributed by atoms with van der Waals surface area (Å²) in [5.74, 6) is 1.38. The summed E-state index contributed by atoms with van der Waals surface area (Å²) in [5, 5.41) is 1.17. The first kappa shape index (κ1) is 12.0. The van der Waals surface area contributed by atoms with Gasteiger partial charge in [-0.05, 0) is 24.3 Å². The van der Waals surface area contributed by atoms with Crippen molar-refractivity contribution in [3.05, 3.63) is 60.4 Å². The summed E-state index contributed by atoms with van der Waals surface area (Å²) in [6.45, 7) is 0. The molecule has 2 N–H and O–H groups in total. The molecule has 0 aliphatic carbocycles. The van der Waals surface area contributed by atoms with Crippen molar-refractivity contribution in [2.45, 2.75) is 10.6 Å². The Hall–Kier alpha value is -2.07. The van der Waals surface area contributed by atoms with Crippen molar-refractivity contribution < 1.29 is 0 Å². The van der Waals surface area contributed by atoms with Crippen LogP contribution >= 0.6 is 11.8 Å². The molecule has 0 aliphatic rings. The van der Waals surface area contributed by atoms with Crippen molar-refractivity contribution in [2.24, 2.45) is 0 Å². The van der Waals surface area contributed by atoms with Gasteiger partial charge in [0.1, 0.15) is 5.82 Å².